The maximum Gasteiger partial charge on any atom is 0.269 e. The number of hydrogen-bond donors (Lipinski definition) is 0. The van der Waals surface area contributed by atoms with Gasteiger partial charge in [0.25, 0.3) is 11.5 Å². The van der Waals surface area contributed by atoms with Crippen LogP contribution >= 0.6 is 24.0 Å². The molecule has 29 heavy (non-hydrogen) atoms. The molecule has 0 N–H and O–H groups in total. The number of nitrogens with zero attached hydrogens (tertiary/aromatic N) is 3. The molecule has 0 atom stereocenters. The molecular weight excluding hydrogens is 410 g/mol. The molecule has 1 aliphatic rings. The number of carbonyl (C=O) groups excluding carboxylic acids is 1. The maximum absolute atomic E-state index is 13.2. The molecule has 4 rings (SSSR count). The van der Waals surface area contributed by atoms with Gasteiger partial charge in [-0.05, 0) is 30.3 Å². The van der Waals surface area contributed by atoms with E-state index >= 15 is 0 Å². The third-order valence-corrected chi connectivity index (χ3v) is 5.76. The van der Waals surface area contributed by atoms with Crippen molar-refractivity contribution in [3.8, 4) is 17.4 Å². The summed E-state index contributed by atoms with van der Waals surface area (Å²) in [5.74, 6) is 0.695. The lowest BCUT2D eigenvalue weighted by Crippen LogP contribution is -2.23. The molecule has 1 saturated heterocycles. The van der Waals surface area contributed by atoms with Crippen LogP contribution in [-0.2, 0) is 4.79 Å². The number of ether oxygens (including phenoxy) is 2. The fourth-order valence-electron chi connectivity index (χ4n) is 2.77. The Kier molecular flexibility index (Phi) is 5.08. The first-order valence-corrected chi connectivity index (χ1v) is 9.76. The minimum absolute atomic E-state index is 0.0760. The van der Waals surface area contributed by atoms with Crippen LogP contribution in [0, 0.1) is 0 Å². The van der Waals surface area contributed by atoms with Gasteiger partial charge >= 0.3 is 0 Å². The Morgan fingerprint density at radius 3 is 2.52 bits per heavy atom. The van der Waals surface area contributed by atoms with E-state index in [0.717, 1.165) is 11.8 Å². The number of aromatic nitrogens is 2. The van der Waals surface area contributed by atoms with Crippen molar-refractivity contribution in [2.45, 2.75) is 0 Å². The Hall–Kier alpha value is -3.17. The zero-order valence-corrected chi connectivity index (χ0v) is 17.1. The minimum atomic E-state index is -0.359. The number of hydrogen-bond acceptors (Lipinski definition) is 7. The van der Waals surface area contributed by atoms with Gasteiger partial charge in [0, 0.05) is 13.2 Å². The van der Waals surface area contributed by atoms with Crippen LogP contribution < -0.4 is 15.0 Å². The molecule has 2 aromatic heterocycles. The van der Waals surface area contributed by atoms with Gasteiger partial charge in [-0.2, -0.15) is 4.98 Å². The molecule has 3 heterocycles. The molecule has 0 bridgehead atoms. The summed E-state index contributed by atoms with van der Waals surface area (Å²) in [6.07, 6.45) is 3.09. The van der Waals surface area contributed by atoms with Crippen LogP contribution in [0.3, 0.4) is 0 Å². The summed E-state index contributed by atoms with van der Waals surface area (Å²) in [5, 5.41) is 0. The average Bonchev–Trinajstić information content (AvgIpc) is 2.98. The SMILES string of the molecule is COc1ccccc1Oc1nc2ccccn2c(=O)c1C=C1SC(=S)N(C)C1=O. The van der Waals surface area contributed by atoms with E-state index in [9.17, 15) is 9.59 Å². The van der Waals surface area contributed by atoms with E-state index in [1.807, 2.05) is 6.07 Å². The molecule has 0 spiro atoms. The fourth-order valence-corrected chi connectivity index (χ4v) is 3.93. The topological polar surface area (TPSA) is 73.1 Å². The molecule has 0 radical (unpaired) electrons. The number of rotatable bonds is 4. The van der Waals surface area contributed by atoms with Crippen molar-refractivity contribution in [2.75, 3.05) is 14.2 Å². The molecule has 0 aliphatic carbocycles. The van der Waals surface area contributed by atoms with Gasteiger partial charge in [0.05, 0.1) is 12.0 Å². The normalized spacial score (nSPS) is 15.4. The first-order valence-electron chi connectivity index (χ1n) is 8.53. The monoisotopic (exact) mass is 425 g/mol. The van der Waals surface area contributed by atoms with Gasteiger partial charge in [-0.1, -0.05) is 42.2 Å². The van der Waals surface area contributed by atoms with Crippen LogP contribution in [0.15, 0.2) is 58.4 Å². The van der Waals surface area contributed by atoms with Crippen molar-refractivity contribution in [3.05, 3.63) is 69.5 Å². The average molecular weight is 425 g/mol. The number of likely N-dealkylation sites (N-methyl/N-ethyl adjacent to an activating group) is 1. The highest BCUT2D eigenvalue weighted by Crippen LogP contribution is 2.35. The number of amides is 1. The summed E-state index contributed by atoms with van der Waals surface area (Å²) in [7, 11) is 3.12. The van der Waals surface area contributed by atoms with E-state index in [0.29, 0.717) is 26.4 Å². The highest BCUT2D eigenvalue weighted by atomic mass is 32.2. The lowest BCUT2D eigenvalue weighted by atomic mass is 10.2. The predicted molar refractivity (Wildman–Crippen MR) is 115 cm³/mol. The van der Waals surface area contributed by atoms with Crippen LogP contribution in [0.25, 0.3) is 11.7 Å². The lowest BCUT2D eigenvalue weighted by Gasteiger charge is -2.12. The van der Waals surface area contributed by atoms with Gasteiger partial charge < -0.3 is 9.47 Å². The smallest absolute Gasteiger partial charge is 0.269 e. The number of benzene rings is 1. The highest BCUT2D eigenvalue weighted by molar-refractivity contribution is 8.26. The van der Waals surface area contributed by atoms with Crippen molar-refractivity contribution in [1.82, 2.24) is 14.3 Å². The van der Waals surface area contributed by atoms with Gasteiger partial charge in [-0.3, -0.25) is 18.9 Å². The van der Waals surface area contributed by atoms with Crippen molar-refractivity contribution >= 4 is 45.9 Å². The number of thiocarbonyl (C=S) groups is 1. The van der Waals surface area contributed by atoms with E-state index in [1.165, 1.54) is 22.5 Å². The molecule has 3 aromatic rings. The predicted octanol–water partition coefficient (Wildman–Crippen LogP) is 3.33. The largest absolute Gasteiger partial charge is 0.493 e. The maximum atomic E-state index is 13.2. The lowest BCUT2D eigenvalue weighted by molar-refractivity contribution is -0.121. The Labute approximate surface area is 175 Å². The van der Waals surface area contributed by atoms with Gasteiger partial charge in [-0.25, -0.2) is 0 Å². The zero-order valence-electron chi connectivity index (χ0n) is 15.5. The van der Waals surface area contributed by atoms with E-state index in [2.05, 4.69) is 4.98 Å². The van der Waals surface area contributed by atoms with Crippen LogP contribution in [0.2, 0.25) is 0 Å². The summed E-state index contributed by atoms with van der Waals surface area (Å²) in [5.41, 5.74) is 0.206. The Bertz CT molecular complexity index is 1240. The van der Waals surface area contributed by atoms with Crippen molar-refractivity contribution in [3.63, 3.8) is 0 Å². The minimum Gasteiger partial charge on any atom is -0.493 e. The first kappa shape index (κ1) is 19.2. The summed E-state index contributed by atoms with van der Waals surface area (Å²) in [6, 6.07) is 12.2. The summed E-state index contributed by atoms with van der Waals surface area (Å²) >= 11 is 6.30. The third kappa shape index (κ3) is 3.50. The number of carbonyl (C=O) groups is 1. The van der Waals surface area contributed by atoms with Crippen molar-refractivity contribution in [2.24, 2.45) is 0 Å². The zero-order chi connectivity index (χ0) is 20.5. The molecule has 1 aromatic carbocycles. The van der Waals surface area contributed by atoms with Crippen LogP contribution in [0.1, 0.15) is 5.56 Å². The van der Waals surface area contributed by atoms with E-state index in [1.54, 1.807) is 49.6 Å². The summed E-state index contributed by atoms with van der Waals surface area (Å²) in [4.78, 5) is 31.8. The number of fused-ring (bicyclic) bond motifs is 1. The Balaban J connectivity index is 1.91. The van der Waals surface area contributed by atoms with Crippen LogP contribution in [-0.4, -0.2) is 38.7 Å². The molecule has 0 saturated carbocycles. The number of pyridine rings is 1. The number of para-hydroxylation sites is 2. The van der Waals surface area contributed by atoms with Crippen LogP contribution in [0.4, 0.5) is 0 Å². The Morgan fingerprint density at radius 1 is 1.10 bits per heavy atom. The summed E-state index contributed by atoms with van der Waals surface area (Å²) in [6.45, 7) is 0. The second-order valence-electron chi connectivity index (χ2n) is 6.06. The molecule has 0 unspecified atom stereocenters. The second kappa shape index (κ2) is 7.69. The van der Waals surface area contributed by atoms with Crippen molar-refractivity contribution in [1.29, 1.82) is 0 Å². The molecule has 1 fully saturated rings. The number of thioether (sulfide) groups is 1. The van der Waals surface area contributed by atoms with Crippen molar-refractivity contribution < 1.29 is 14.3 Å². The molecular formula is C20H15N3O4S2. The van der Waals surface area contributed by atoms with Gasteiger partial charge in [0.2, 0.25) is 5.88 Å². The van der Waals surface area contributed by atoms with E-state index in [-0.39, 0.29) is 22.9 Å². The second-order valence-corrected chi connectivity index (χ2v) is 7.73. The van der Waals surface area contributed by atoms with Gasteiger partial charge in [0.15, 0.2) is 11.5 Å². The van der Waals surface area contributed by atoms with Gasteiger partial charge in [0.1, 0.15) is 15.5 Å². The Morgan fingerprint density at radius 2 is 1.83 bits per heavy atom. The quantitative estimate of drug-likeness (QED) is 0.469. The van der Waals surface area contributed by atoms with E-state index < -0.39 is 0 Å². The highest BCUT2D eigenvalue weighted by Gasteiger charge is 2.30. The molecule has 146 valence electrons. The molecule has 1 amide bonds. The molecule has 7 nitrogen and oxygen atoms in total. The first-order chi connectivity index (χ1) is 14.0. The van der Waals surface area contributed by atoms with Gasteiger partial charge in [-0.15, -0.1) is 0 Å². The standard InChI is InChI=1S/C20H15N3O4S2/c1-22-19(25)15(29-20(22)28)11-12-17(27-14-8-4-3-7-13(14)26-2)21-16-9-5-6-10-23(16)18(12)24/h3-11H,1-2H3. The molecule has 9 heteroatoms. The van der Waals surface area contributed by atoms with E-state index in [4.69, 9.17) is 21.7 Å². The van der Waals surface area contributed by atoms with Crippen LogP contribution in [0.5, 0.6) is 17.4 Å². The fraction of sp³-hybridized carbons (Fsp3) is 0.100. The molecule has 1 aliphatic heterocycles. The third-order valence-electron chi connectivity index (χ3n) is 4.27. The number of methoxy groups -OCH3 is 1. The summed E-state index contributed by atoms with van der Waals surface area (Å²) < 4.78 is 13.1.